The molecular weight excluding hydrogens is 1100 g/mol. The number of rotatable bonds is 11. The molecule has 0 amide bonds. The molecule has 0 aliphatic heterocycles. The molecule has 12 aromatic carbocycles. The molecule has 0 spiro atoms. The number of fused-ring (bicyclic) bond motifs is 12. The molecule has 0 atom stereocenters. The number of nitrogens with zero attached hydrogens (tertiary/aromatic N) is 8. The van der Waals surface area contributed by atoms with Crippen molar-refractivity contribution in [2.75, 3.05) is 9.80 Å². The van der Waals surface area contributed by atoms with Crippen molar-refractivity contribution in [2.24, 2.45) is 0 Å². The summed E-state index contributed by atoms with van der Waals surface area (Å²) in [6, 6.07) is 110. The minimum atomic E-state index is 0.905. The number of benzene rings is 12. The normalized spacial score (nSPS) is 11.8. The summed E-state index contributed by atoms with van der Waals surface area (Å²) in [6.45, 7) is 0. The molecular formula is C82H54N8. The van der Waals surface area contributed by atoms with Gasteiger partial charge in [0, 0.05) is 112 Å². The van der Waals surface area contributed by atoms with Gasteiger partial charge in [-0.05, 0) is 158 Å². The van der Waals surface area contributed by atoms with Gasteiger partial charge in [-0.25, -0.2) is 0 Å². The van der Waals surface area contributed by atoms with Crippen LogP contribution < -0.4 is 9.80 Å². The molecule has 18 rings (SSSR count). The standard InChI is InChI=1S/C82H54N8/c1-9-25-73-63(17-1)64-18-2-10-26-74(64)87(73)59-41-33-55(34-42-59)85(56-35-43-60(44-36-56)88-75-27-11-3-19-65(75)66-20-4-12-28-76(66)88)81-53-83-51-49-71(81)72-50-52-84-54-82(72)86(57-37-45-61(46-38-57)89-77-29-13-5-21-67(77)68-22-6-14-30-78(68)89)58-39-47-62(48-40-58)90-79-31-15-7-23-69(79)70-24-8-16-32-80(70)90/h1-54H. The maximum absolute atomic E-state index is 4.96. The molecule has 0 aliphatic rings. The van der Waals surface area contributed by atoms with Crippen molar-refractivity contribution in [2.45, 2.75) is 0 Å². The van der Waals surface area contributed by atoms with Crippen LogP contribution in [-0.2, 0) is 0 Å². The van der Waals surface area contributed by atoms with Crippen LogP contribution in [0.4, 0.5) is 34.1 Å². The molecule has 90 heavy (non-hydrogen) atoms. The summed E-state index contributed by atoms with van der Waals surface area (Å²) in [4.78, 5) is 14.6. The highest BCUT2D eigenvalue weighted by atomic mass is 15.2. The van der Waals surface area contributed by atoms with E-state index in [0.29, 0.717) is 0 Å². The second-order valence-electron chi connectivity index (χ2n) is 23.0. The van der Waals surface area contributed by atoms with E-state index >= 15 is 0 Å². The molecule has 8 heteroatoms. The first kappa shape index (κ1) is 51.0. The highest BCUT2D eigenvalue weighted by Gasteiger charge is 2.25. The molecule has 0 unspecified atom stereocenters. The lowest BCUT2D eigenvalue weighted by Gasteiger charge is -2.31. The van der Waals surface area contributed by atoms with Gasteiger partial charge >= 0.3 is 0 Å². The van der Waals surface area contributed by atoms with Crippen LogP contribution in [0.3, 0.4) is 0 Å². The molecule has 422 valence electrons. The monoisotopic (exact) mass is 1150 g/mol. The van der Waals surface area contributed by atoms with Gasteiger partial charge in [0.05, 0.1) is 67.9 Å². The van der Waals surface area contributed by atoms with E-state index in [9.17, 15) is 0 Å². The lowest BCUT2D eigenvalue weighted by Crippen LogP contribution is -2.14. The number of para-hydroxylation sites is 8. The highest BCUT2D eigenvalue weighted by molar-refractivity contribution is 6.12. The zero-order valence-corrected chi connectivity index (χ0v) is 48.8. The zero-order valence-electron chi connectivity index (χ0n) is 48.8. The van der Waals surface area contributed by atoms with Gasteiger partial charge in [0.15, 0.2) is 0 Å². The van der Waals surface area contributed by atoms with E-state index in [2.05, 4.69) is 331 Å². The third kappa shape index (κ3) is 8.02. The van der Waals surface area contributed by atoms with Crippen molar-refractivity contribution in [1.82, 2.24) is 28.2 Å². The van der Waals surface area contributed by atoms with Gasteiger partial charge in [-0.15, -0.1) is 0 Å². The number of hydrogen-bond donors (Lipinski definition) is 0. The van der Waals surface area contributed by atoms with E-state index in [4.69, 9.17) is 9.97 Å². The minimum Gasteiger partial charge on any atom is -0.309 e. The van der Waals surface area contributed by atoms with Crippen LogP contribution in [0.15, 0.2) is 328 Å². The smallest absolute Gasteiger partial charge is 0.0724 e. The van der Waals surface area contributed by atoms with Crippen molar-refractivity contribution >= 4 is 121 Å². The van der Waals surface area contributed by atoms with Crippen molar-refractivity contribution < 1.29 is 0 Å². The Morgan fingerprint density at radius 2 is 0.389 bits per heavy atom. The first-order valence-electron chi connectivity index (χ1n) is 30.5. The Morgan fingerprint density at radius 3 is 0.589 bits per heavy atom. The van der Waals surface area contributed by atoms with Gasteiger partial charge in [-0.3, -0.25) is 9.97 Å². The lowest BCUT2D eigenvalue weighted by atomic mass is 10.0. The van der Waals surface area contributed by atoms with E-state index in [0.717, 1.165) is 112 Å². The van der Waals surface area contributed by atoms with Gasteiger partial charge in [0.25, 0.3) is 0 Å². The summed E-state index contributed by atoms with van der Waals surface area (Å²) in [5.74, 6) is 0. The van der Waals surface area contributed by atoms with Crippen LogP contribution in [0, 0.1) is 0 Å². The van der Waals surface area contributed by atoms with E-state index in [1.165, 1.54) is 43.1 Å². The van der Waals surface area contributed by atoms with E-state index in [1.807, 2.05) is 24.8 Å². The molecule has 0 N–H and O–H groups in total. The Labute approximate surface area is 518 Å². The molecule has 6 heterocycles. The maximum Gasteiger partial charge on any atom is 0.0724 e. The molecule has 6 aromatic heterocycles. The van der Waals surface area contributed by atoms with Crippen molar-refractivity contribution in [1.29, 1.82) is 0 Å². The average molecular weight is 1150 g/mol. The summed E-state index contributed by atoms with van der Waals surface area (Å²) in [6.07, 6.45) is 7.83. The summed E-state index contributed by atoms with van der Waals surface area (Å²) in [7, 11) is 0. The third-order valence-corrected chi connectivity index (χ3v) is 18.2. The van der Waals surface area contributed by atoms with E-state index in [1.54, 1.807) is 0 Å². The first-order valence-corrected chi connectivity index (χ1v) is 30.5. The minimum absolute atomic E-state index is 0.905. The Bertz CT molecular complexity index is 4900. The largest absolute Gasteiger partial charge is 0.309 e. The van der Waals surface area contributed by atoms with Crippen LogP contribution in [0.25, 0.3) is 121 Å². The molecule has 0 bridgehead atoms. The molecule has 18 aromatic rings. The van der Waals surface area contributed by atoms with Crippen molar-refractivity contribution in [3.8, 4) is 33.9 Å². The second-order valence-corrected chi connectivity index (χ2v) is 23.0. The molecule has 0 radical (unpaired) electrons. The number of hydrogen-bond acceptors (Lipinski definition) is 4. The van der Waals surface area contributed by atoms with Gasteiger partial charge in [0.2, 0.25) is 0 Å². The van der Waals surface area contributed by atoms with Gasteiger partial charge < -0.3 is 28.1 Å². The fourth-order valence-corrected chi connectivity index (χ4v) is 14.2. The fraction of sp³-hybridized carbons (Fsp3) is 0. The van der Waals surface area contributed by atoms with E-state index < -0.39 is 0 Å². The summed E-state index contributed by atoms with van der Waals surface area (Å²) in [5.41, 5.74) is 21.3. The van der Waals surface area contributed by atoms with Gasteiger partial charge in [-0.2, -0.15) is 0 Å². The lowest BCUT2D eigenvalue weighted by molar-refractivity contribution is 1.16. The number of aromatic nitrogens is 6. The molecule has 0 aliphatic carbocycles. The second kappa shape index (κ2) is 20.7. The topological polar surface area (TPSA) is 52.0 Å². The zero-order chi connectivity index (χ0) is 59.2. The van der Waals surface area contributed by atoms with Crippen LogP contribution in [0.5, 0.6) is 0 Å². The number of anilines is 6. The quantitative estimate of drug-likeness (QED) is 0.130. The van der Waals surface area contributed by atoms with Crippen LogP contribution in [-0.4, -0.2) is 28.2 Å². The van der Waals surface area contributed by atoms with Crippen molar-refractivity contribution in [3.63, 3.8) is 0 Å². The number of pyridine rings is 2. The van der Waals surface area contributed by atoms with Crippen LogP contribution in [0.2, 0.25) is 0 Å². The highest BCUT2D eigenvalue weighted by Crippen LogP contribution is 2.48. The summed E-state index contributed by atoms with van der Waals surface area (Å²) >= 11 is 0. The maximum atomic E-state index is 4.96. The fourth-order valence-electron chi connectivity index (χ4n) is 14.2. The van der Waals surface area contributed by atoms with Gasteiger partial charge in [-0.1, -0.05) is 146 Å². The Kier molecular flexibility index (Phi) is 11.7. The molecule has 0 fully saturated rings. The predicted octanol–water partition coefficient (Wildman–Crippen LogP) is 21.5. The average Bonchev–Trinajstić information content (AvgIpc) is 2.00. The summed E-state index contributed by atoms with van der Waals surface area (Å²) < 4.78 is 9.49. The van der Waals surface area contributed by atoms with Crippen LogP contribution >= 0.6 is 0 Å². The third-order valence-electron chi connectivity index (χ3n) is 18.2. The van der Waals surface area contributed by atoms with Crippen LogP contribution in [0.1, 0.15) is 0 Å². The first-order chi connectivity index (χ1) is 44.7. The molecule has 0 saturated heterocycles. The predicted molar refractivity (Wildman–Crippen MR) is 374 cm³/mol. The molecule has 8 nitrogen and oxygen atoms in total. The van der Waals surface area contributed by atoms with Gasteiger partial charge in [0.1, 0.15) is 0 Å². The Balaban J connectivity index is 0.811. The molecule has 0 saturated carbocycles. The summed E-state index contributed by atoms with van der Waals surface area (Å²) in [5, 5.41) is 9.80. The van der Waals surface area contributed by atoms with E-state index in [-0.39, 0.29) is 0 Å². The van der Waals surface area contributed by atoms with Crippen molar-refractivity contribution in [3.05, 3.63) is 328 Å². The Morgan fingerprint density at radius 1 is 0.200 bits per heavy atom. The Hall–Kier alpha value is -12.3. The SMILES string of the molecule is c1ccc2c(c1)c1ccccc1n2-c1ccc(N(c2ccc(-n3c4ccccc4c4ccccc43)cc2)c2cnccc2-c2ccncc2N(c2ccc(-n3c4ccccc4c4ccccc43)cc2)c2ccc(-n3c4ccccc4c4ccccc43)cc2)cc1.